The van der Waals surface area contributed by atoms with Crippen molar-refractivity contribution in [3.8, 4) is 0 Å². The lowest BCUT2D eigenvalue weighted by molar-refractivity contribution is 0.807. The van der Waals surface area contributed by atoms with E-state index in [4.69, 9.17) is 0 Å². The Bertz CT molecular complexity index is 477. The van der Waals surface area contributed by atoms with Gasteiger partial charge in [0.15, 0.2) is 0 Å². The van der Waals surface area contributed by atoms with Gasteiger partial charge >= 0.3 is 0 Å². The third-order valence-electron chi connectivity index (χ3n) is 2.84. The van der Waals surface area contributed by atoms with Crippen molar-refractivity contribution >= 4 is 10.9 Å². The van der Waals surface area contributed by atoms with Crippen LogP contribution in [-0.2, 0) is 12.8 Å². The van der Waals surface area contributed by atoms with Crippen molar-refractivity contribution in [2.75, 3.05) is 0 Å². The monoisotopic (exact) mass is 214 g/mol. The molecule has 0 fully saturated rings. The average molecular weight is 214 g/mol. The summed E-state index contributed by atoms with van der Waals surface area (Å²) in [5.41, 5.74) is 3.60. The first-order chi connectivity index (χ1) is 7.86. The molecule has 1 aromatic carbocycles. The minimum Gasteiger partial charge on any atom is -0.155 e. The number of aromatic nitrogens is 2. The van der Waals surface area contributed by atoms with Gasteiger partial charge in [-0.25, -0.2) is 0 Å². The number of benzene rings is 1. The number of aryl methyl sites for hydroxylation is 2. The van der Waals surface area contributed by atoms with E-state index < -0.39 is 0 Å². The van der Waals surface area contributed by atoms with Gasteiger partial charge in [-0.1, -0.05) is 44.9 Å². The third kappa shape index (κ3) is 2.06. The summed E-state index contributed by atoms with van der Waals surface area (Å²) in [4.78, 5) is 0. The van der Waals surface area contributed by atoms with Crippen LogP contribution in [0, 0.1) is 0 Å². The lowest BCUT2D eigenvalue weighted by atomic mass is 10.0. The van der Waals surface area contributed by atoms with Crippen molar-refractivity contribution in [1.82, 2.24) is 10.2 Å². The minimum atomic E-state index is 1.02. The van der Waals surface area contributed by atoms with Crippen molar-refractivity contribution in [2.24, 2.45) is 0 Å². The van der Waals surface area contributed by atoms with Crippen molar-refractivity contribution in [3.05, 3.63) is 35.5 Å². The zero-order valence-corrected chi connectivity index (χ0v) is 10.0. The van der Waals surface area contributed by atoms with Gasteiger partial charge in [-0.05, 0) is 24.5 Å². The molecule has 2 nitrogen and oxygen atoms in total. The van der Waals surface area contributed by atoms with Crippen LogP contribution >= 0.6 is 0 Å². The zero-order valence-electron chi connectivity index (χ0n) is 10.0. The van der Waals surface area contributed by atoms with Crippen LogP contribution in [0.4, 0.5) is 0 Å². The Labute approximate surface area is 96.7 Å². The topological polar surface area (TPSA) is 25.8 Å². The highest BCUT2D eigenvalue weighted by atomic mass is 15.1. The van der Waals surface area contributed by atoms with E-state index in [0.29, 0.717) is 0 Å². The van der Waals surface area contributed by atoms with E-state index in [-0.39, 0.29) is 0 Å². The Hall–Kier alpha value is -1.44. The maximum absolute atomic E-state index is 4.37. The van der Waals surface area contributed by atoms with Gasteiger partial charge in [0, 0.05) is 5.39 Å². The molecule has 1 heterocycles. The molecule has 0 N–H and O–H groups in total. The lowest BCUT2D eigenvalue weighted by Crippen LogP contribution is -2.01. The van der Waals surface area contributed by atoms with Gasteiger partial charge in [-0.3, -0.25) is 0 Å². The number of rotatable bonds is 4. The average Bonchev–Trinajstić information content (AvgIpc) is 2.32. The summed E-state index contributed by atoms with van der Waals surface area (Å²) < 4.78 is 0. The molecule has 16 heavy (non-hydrogen) atoms. The second kappa shape index (κ2) is 5.06. The largest absolute Gasteiger partial charge is 0.155 e. The normalized spacial score (nSPS) is 10.9. The molecule has 0 amide bonds. The summed E-state index contributed by atoms with van der Waals surface area (Å²) in [7, 11) is 0. The molecule has 0 radical (unpaired) electrons. The van der Waals surface area contributed by atoms with Crippen molar-refractivity contribution in [2.45, 2.75) is 39.5 Å². The predicted molar refractivity (Wildman–Crippen MR) is 67.5 cm³/mol. The molecular weight excluding hydrogens is 196 g/mol. The summed E-state index contributed by atoms with van der Waals surface area (Å²) in [5, 5.41) is 9.94. The Morgan fingerprint density at radius 3 is 2.44 bits per heavy atom. The van der Waals surface area contributed by atoms with Gasteiger partial charge in [0.2, 0.25) is 0 Å². The zero-order chi connectivity index (χ0) is 11.4. The summed E-state index contributed by atoms with van der Waals surface area (Å²) in [6.07, 6.45) is 4.43. The molecule has 0 bridgehead atoms. The number of hydrogen-bond acceptors (Lipinski definition) is 2. The molecule has 1 aromatic heterocycles. The fourth-order valence-corrected chi connectivity index (χ4v) is 2.11. The van der Waals surface area contributed by atoms with Gasteiger partial charge in [0.25, 0.3) is 0 Å². The van der Waals surface area contributed by atoms with Crippen LogP contribution in [0.15, 0.2) is 24.3 Å². The molecule has 0 unspecified atom stereocenters. The Morgan fingerprint density at radius 1 is 0.938 bits per heavy atom. The van der Waals surface area contributed by atoms with Crippen LogP contribution in [0.25, 0.3) is 10.9 Å². The SMILES string of the molecule is CCCc1nnc2ccccc2c1CCC. The Morgan fingerprint density at radius 2 is 1.69 bits per heavy atom. The fourth-order valence-electron chi connectivity index (χ4n) is 2.11. The van der Waals surface area contributed by atoms with Gasteiger partial charge in [0.05, 0.1) is 11.2 Å². The standard InChI is InChI=1S/C14H18N2/c1-3-7-11-12-9-5-6-10-14(12)16-15-13(11)8-4-2/h5-6,9-10H,3-4,7-8H2,1-2H3. The van der Waals surface area contributed by atoms with Crippen molar-refractivity contribution in [1.29, 1.82) is 0 Å². The molecule has 0 aliphatic carbocycles. The summed E-state index contributed by atoms with van der Waals surface area (Å²) in [6, 6.07) is 8.30. The smallest absolute Gasteiger partial charge is 0.0932 e. The highest BCUT2D eigenvalue weighted by Crippen LogP contribution is 2.21. The maximum atomic E-state index is 4.37. The quantitative estimate of drug-likeness (QED) is 0.778. The molecule has 0 aliphatic rings. The van der Waals surface area contributed by atoms with E-state index in [1.54, 1.807) is 0 Å². The number of fused-ring (bicyclic) bond motifs is 1. The van der Waals surface area contributed by atoms with E-state index in [9.17, 15) is 0 Å². The maximum Gasteiger partial charge on any atom is 0.0932 e. The van der Waals surface area contributed by atoms with Gasteiger partial charge in [-0.2, -0.15) is 10.2 Å². The van der Waals surface area contributed by atoms with Crippen molar-refractivity contribution in [3.63, 3.8) is 0 Å². The first-order valence-corrected chi connectivity index (χ1v) is 6.10. The Kier molecular flexibility index (Phi) is 3.50. The Balaban J connectivity index is 2.58. The van der Waals surface area contributed by atoms with E-state index in [1.807, 2.05) is 12.1 Å². The molecular formula is C14H18N2. The molecule has 0 aliphatic heterocycles. The van der Waals surface area contributed by atoms with Gasteiger partial charge < -0.3 is 0 Å². The fraction of sp³-hybridized carbons (Fsp3) is 0.429. The lowest BCUT2D eigenvalue weighted by Gasteiger charge is -2.09. The van der Waals surface area contributed by atoms with Crippen LogP contribution in [0.3, 0.4) is 0 Å². The number of hydrogen-bond donors (Lipinski definition) is 0. The van der Waals surface area contributed by atoms with E-state index in [1.165, 1.54) is 16.6 Å². The van der Waals surface area contributed by atoms with Crippen molar-refractivity contribution < 1.29 is 0 Å². The second-order valence-electron chi connectivity index (χ2n) is 4.14. The van der Waals surface area contributed by atoms with Crippen LogP contribution in [-0.4, -0.2) is 10.2 Å². The highest BCUT2D eigenvalue weighted by Gasteiger charge is 2.08. The molecule has 0 spiro atoms. The molecule has 2 rings (SSSR count). The first-order valence-electron chi connectivity index (χ1n) is 6.10. The summed E-state index contributed by atoms with van der Waals surface area (Å²) in [5.74, 6) is 0. The van der Waals surface area contributed by atoms with E-state index in [2.05, 4.69) is 36.2 Å². The number of nitrogens with zero attached hydrogens (tertiary/aromatic N) is 2. The minimum absolute atomic E-state index is 1.02. The summed E-state index contributed by atoms with van der Waals surface area (Å²) >= 11 is 0. The highest BCUT2D eigenvalue weighted by molar-refractivity contribution is 5.82. The van der Waals surface area contributed by atoms with Crippen LogP contribution in [0.5, 0.6) is 0 Å². The molecule has 2 aromatic rings. The van der Waals surface area contributed by atoms with Crippen LogP contribution in [0.2, 0.25) is 0 Å². The predicted octanol–water partition coefficient (Wildman–Crippen LogP) is 3.53. The first kappa shape index (κ1) is 11.1. The van der Waals surface area contributed by atoms with Gasteiger partial charge in [0.1, 0.15) is 0 Å². The van der Waals surface area contributed by atoms with Crippen LogP contribution < -0.4 is 0 Å². The summed E-state index contributed by atoms with van der Waals surface area (Å²) in [6.45, 7) is 4.40. The molecule has 2 heteroatoms. The van der Waals surface area contributed by atoms with E-state index >= 15 is 0 Å². The second-order valence-corrected chi connectivity index (χ2v) is 4.14. The van der Waals surface area contributed by atoms with Crippen LogP contribution in [0.1, 0.15) is 37.9 Å². The molecule has 0 saturated carbocycles. The van der Waals surface area contributed by atoms with E-state index in [0.717, 1.165) is 31.2 Å². The molecule has 0 atom stereocenters. The third-order valence-corrected chi connectivity index (χ3v) is 2.84. The van der Waals surface area contributed by atoms with Gasteiger partial charge in [-0.15, -0.1) is 0 Å². The molecule has 84 valence electrons. The molecule has 0 saturated heterocycles.